The van der Waals surface area contributed by atoms with Crippen LogP contribution in [0.3, 0.4) is 0 Å². The Hall–Kier alpha value is -5.50. The molecule has 1 aliphatic heterocycles. The van der Waals surface area contributed by atoms with Crippen LogP contribution in [0.15, 0.2) is 84.9 Å². The van der Waals surface area contributed by atoms with Crippen molar-refractivity contribution in [1.29, 1.82) is 0 Å². The quantitative estimate of drug-likeness (QED) is 0.0730. The number of nitrogens with one attached hydrogen (secondary N) is 5. The summed E-state index contributed by atoms with van der Waals surface area (Å²) in [7, 11) is 0.186. The van der Waals surface area contributed by atoms with Crippen LogP contribution in [0.2, 0.25) is 0 Å². The van der Waals surface area contributed by atoms with Crippen LogP contribution in [0.5, 0.6) is 0 Å². The number of carbonyl (C=O) groups excluding carboxylic acids is 6. The molecule has 13 nitrogen and oxygen atoms in total. The third-order valence-electron chi connectivity index (χ3n) is 12.4. The summed E-state index contributed by atoms with van der Waals surface area (Å²) in [5.74, 6) is -2.70. The van der Waals surface area contributed by atoms with Crippen LogP contribution < -0.4 is 26.6 Å². The predicted octanol–water partition coefficient (Wildman–Crippen LogP) is 4.51. The molecule has 3 fully saturated rings. The summed E-state index contributed by atoms with van der Waals surface area (Å²) in [5, 5.41) is 13.5. The van der Waals surface area contributed by atoms with E-state index in [0.717, 1.165) is 75.3 Å². The molecule has 332 valence electrons. The minimum atomic E-state index is -1.36. The van der Waals surface area contributed by atoms with Crippen molar-refractivity contribution in [3.8, 4) is 0 Å². The number of likely N-dealkylation sites (tertiary alicyclic amines) is 1. The number of ether oxygens (including phenoxy) is 1. The highest BCUT2D eigenvalue weighted by Gasteiger charge is 2.49. The van der Waals surface area contributed by atoms with Gasteiger partial charge in [0.25, 0.3) is 11.8 Å². The third kappa shape index (κ3) is 12.5. The van der Waals surface area contributed by atoms with E-state index in [1.807, 2.05) is 36.4 Å². The second-order valence-electron chi connectivity index (χ2n) is 17.4. The van der Waals surface area contributed by atoms with Crippen molar-refractivity contribution in [2.75, 3.05) is 32.8 Å². The van der Waals surface area contributed by atoms with Crippen molar-refractivity contribution in [2.24, 2.45) is 11.8 Å². The third-order valence-corrected chi connectivity index (χ3v) is 13.5. The fourth-order valence-electron chi connectivity index (χ4n) is 8.32. The first-order chi connectivity index (χ1) is 30.0. The summed E-state index contributed by atoms with van der Waals surface area (Å²) in [6.07, 6.45) is 8.60. The summed E-state index contributed by atoms with van der Waals surface area (Å²) in [5.41, 5.74) is 2.89. The van der Waals surface area contributed by atoms with Gasteiger partial charge in [-0.2, -0.15) is 0 Å². The second-order valence-corrected chi connectivity index (χ2v) is 19.1. The maximum absolute atomic E-state index is 14.0. The zero-order chi connectivity index (χ0) is 44.1. The van der Waals surface area contributed by atoms with E-state index in [-0.39, 0.29) is 89.6 Å². The zero-order valence-electron chi connectivity index (χ0n) is 36.5. The Bertz CT molecular complexity index is 1930. The van der Waals surface area contributed by atoms with E-state index in [2.05, 4.69) is 64.7 Å². The van der Waals surface area contributed by atoms with Crippen molar-refractivity contribution >= 4 is 45.9 Å². The SMILES string of the molecule is CCCCCCNC(=O)[C@@]([SiH3])(CNC(=O)c1ccc(C(=O)N2C[C@@H](C(=O)N[C@H]3C[C@@H]3c3ccccc3)[C@H](C(=O)N[C@H]3C[C@@H]3c3ccccc3)C2)cc1)NC(=O)OCCCCCC. The smallest absolute Gasteiger partial charge is 0.407 e. The normalized spacial score (nSPS) is 22.1. The van der Waals surface area contributed by atoms with Crippen LogP contribution in [0, 0.1) is 11.8 Å². The zero-order valence-corrected chi connectivity index (χ0v) is 38.5. The highest BCUT2D eigenvalue weighted by molar-refractivity contribution is 6.29. The topological polar surface area (TPSA) is 175 Å². The number of unbranched alkanes of at least 4 members (excludes halogenated alkanes) is 6. The van der Waals surface area contributed by atoms with Crippen LogP contribution in [0.1, 0.15) is 122 Å². The summed E-state index contributed by atoms with van der Waals surface area (Å²) in [6.45, 7) is 4.92. The van der Waals surface area contributed by atoms with Crippen molar-refractivity contribution in [1.82, 2.24) is 31.5 Å². The Morgan fingerprint density at radius 2 is 1.18 bits per heavy atom. The van der Waals surface area contributed by atoms with Gasteiger partial charge in [0.05, 0.1) is 18.4 Å². The Labute approximate surface area is 368 Å². The minimum absolute atomic E-state index is 0.0296. The highest BCUT2D eigenvalue weighted by Crippen LogP contribution is 2.42. The largest absolute Gasteiger partial charge is 0.450 e. The minimum Gasteiger partial charge on any atom is -0.450 e. The van der Waals surface area contributed by atoms with E-state index in [0.29, 0.717) is 12.1 Å². The van der Waals surface area contributed by atoms with Crippen LogP contribution >= 0.6 is 0 Å². The number of carbonyl (C=O) groups is 6. The molecule has 3 aromatic carbocycles. The molecule has 6 rings (SSSR count). The second kappa shape index (κ2) is 22.0. The van der Waals surface area contributed by atoms with Crippen molar-refractivity contribution in [3.63, 3.8) is 0 Å². The number of amides is 6. The number of benzene rings is 3. The number of nitrogens with zero attached hydrogens (tertiary/aromatic N) is 1. The lowest BCUT2D eigenvalue weighted by Crippen LogP contribution is -2.64. The summed E-state index contributed by atoms with van der Waals surface area (Å²) in [6, 6.07) is 26.2. The Balaban J connectivity index is 1.07. The van der Waals surface area contributed by atoms with Crippen molar-refractivity contribution in [3.05, 3.63) is 107 Å². The average Bonchev–Trinajstić information content (AvgIpc) is 4.20. The van der Waals surface area contributed by atoms with Gasteiger partial charge in [-0.1, -0.05) is 113 Å². The van der Waals surface area contributed by atoms with Gasteiger partial charge >= 0.3 is 6.09 Å². The number of rotatable bonds is 22. The van der Waals surface area contributed by atoms with Crippen LogP contribution in [-0.4, -0.2) is 101 Å². The Kier molecular flexibility index (Phi) is 16.3. The molecular formula is C48H64N6O7Si. The molecule has 3 aromatic rings. The molecular weight excluding hydrogens is 801 g/mol. The van der Waals surface area contributed by atoms with E-state index in [4.69, 9.17) is 4.74 Å². The van der Waals surface area contributed by atoms with E-state index < -0.39 is 29.0 Å². The van der Waals surface area contributed by atoms with Crippen LogP contribution in [-0.2, 0) is 19.1 Å². The molecule has 0 bridgehead atoms. The Morgan fingerprint density at radius 3 is 1.71 bits per heavy atom. The number of alkyl carbamates (subject to hydrolysis) is 1. The first kappa shape index (κ1) is 46.0. The van der Waals surface area contributed by atoms with Crippen molar-refractivity contribution in [2.45, 2.75) is 107 Å². The van der Waals surface area contributed by atoms with E-state index in [1.54, 1.807) is 17.0 Å². The lowest BCUT2D eigenvalue weighted by atomic mass is 9.94. The van der Waals surface area contributed by atoms with Gasteiger partial charge in [-0.25, -0.2) is 4.79 Å². The van der Waals surface area contributed by atoms with Gasteiger partial charge in [0.2, 0.25) is 17.7 Å². The predicted molar refractivity (Wildman–Crippen MR) is 242 cm³/mol. The molecule has 0 unspecified atom stereocenters. The molecule has 5 N–H and O–H groups in total. The lowest BCUT2D eigenvalue weighted by Gasteiger charge is -2.29. The van der Waals surface area contributed by atoms with Gasteiger partial charge in [0.1, 0.15) is 5.16 Å². The summed E-state index contributed by atoms with van der Waals surface area (Å²) >= 11 is 0. The van der Waals surface area contributed by atoms with Crippen LogP contribution in [0.25, 0.3) is 0 Å². The first-order valence-corrected chi connectivity index (χ1v) is 23.6. The molecule has 1 saturated heterocycles. The van der Waals surface area contributed by atoms with Gasteiger partial charge in [-0.3, -0.25) is 24.0 Å². The summed E-state index contributed by atoms with van der Waals surface area (Å²) < 4.78 is 5.38. The van der Waals surface area contributed by atoms with E-state index in [1.165, 1.54) is 12.1 Å². The fourth-order valence-corrected chi connectivity index (χ4v) is 8.88. The number of hydrogen-bond donors (Lipinski definition) is 5. The monoisotopic (exact) mass is 864 g/mol. The lowest BCUT2D eigenvalue weighted by molar-refractivity contribution is -0.133. The van der Waals surface area contributed by atoms with E-state index >= 15 is 0 Å². The van der Waals surface area contributed by atoms with Gasteiger partial charge < -0.3 is 36.2 Å². The van der Waals surface area contributed by atoms with Gasteiger partial charge in [-0.05, 0) is 61.1 Å². The molecule has 14 heteroatoms. The van der Waals surface area contributed by atoms with Crippen LogP contribution in [0.4, 0.5) is 4.79 Å². The molecule has 0 spiro atoms. The van der Waals surface area contributed by atoms with Gasteiger partial charge in [0, 0.05) is 71.5 Å². The standard InChI is InChI=1S/C48H64N6O7Si/c1-3-5-7-15-25-49-46(59)48(62,53-47(60)61-26-16-8-6-4-2)31-50-42(55)34-21-23-35(24-22-34)45(58)54-29-38(43(56)51-40-27-36(40)32-17-11-9-12-18-32)39(30-54)44(57)52-41-28-37(41)33-19-13-10-14-20-33/h9-14,17-24,36-41H,3-8,15-16,25-31H2,1-2,62H3,(H,49,59)(H,50,55)(H,51,56)(H,52,57)(H,53,60)/t36-,37-,38-,39-,40+,41+,48+/m1/s1. The molecule has 62 heavy (non-hydrogen) atoms. The molecule has 0 aromatic heterocycles. The number of hydrogen-bond acceptors (Lipinski definition) is 7. The van der Waals surface area contributed by atoms with E-state index in [9.17, 15) is 28.8 Å². The maximum atomic E-state index is 14.0. The molecule has 2 saturated carbocycles. The fraction of sp³-hybridized carbons (Fsp3) is 0.500. The highest BCUT2D eigenvalue weighted by atomic mass is 28.1. The first-order valence-electron chi connectivity index (χ1n) is 22.6. The Morgan fingerprint density at radius 1 is 0.661 bits per heavy atom. The maximum Gasteiger partial charge on any atom is 0.407 e. The molecule has 2 aliphatic carbocycles. The molecule has 7 atom stereocenters. The van der Waals surface area contributed by atoms with Gasteiger partial charge in [0.15, 0.2) is 0 Å². The van der Waals surface area contributed by atoms with Crippen molar-refractivity contribution < 1.29 is 33.5 Å². The molecule has 0 radical (unpaired) electrons. The summed E-state index contributed by atoms with van der Waals surface area (Å²) in [4.78, 5) is 83.0. The molecule has 6 amide bonds. The average molecular weight is 865 g/mol. The molecule has 1 heterocycles. The molecule has 3 aliphatic rings. The van der Waals surface area contributed by atoms with Gasteiger partial charge in [-0.15, -0.1) is 0 Å².